The van der Waals surface area contributed by atoms with Crippen LogP contribution >= 0.6 is 0 Å². The maximum atomic E-state index is 11.4. The number of aliphatic hydroxyl groups excluding tert-OH is 1. The van der Waals surface area contributed by atoms with Crippen molar-refractivity contribution in [2.24, 2.45) is 7.05 Å². The van der Waals surface area contributed by atoms with Gasteiger partial charge in [-0.3, -0.25) is 4.79 Å². The number of aliphatic hydroxyl groups is 1. The van der Waals surface area contributed by atoms with E-state index in [-0.39, 0.29) is 12.5 Å². The summed E-state index contributed by atoms with van der Waals surface area (Å²) in [5.41, 5.74) is 2.46. The second-order valence-electron chi connectivity index (χ2n) is 4.71. The molecule has 0 radical (unpaired) electrons. The molecular formula is C15H20N2O2. The predicted octanol–water partition coefficient (Wildman–Crippen LogP) is 1.61. The Morgan fingerprint density at radius 2 is 2.16 bits per heavy atom. The van der Waals surface area contributed by atoms with Gasteiger partial charge in [0, 0.05) is 43.7 Å². The molecule has 0 unspecified atom stereocenters. The number of rotatable bonds is 6. The van der Waals surface area contributed by atoms with Gasteiger partial charge >= 0.3 is 0 Å². The number of carbonyl (C=O) groups excluding carboxylic acids is 1. The van der Waals surface area contributed by atoms with Gasteiger partial charge in [-0.2, -0.15) is 0 Å². The van der Waals surface area contributed by atoms with Gasteiger partial charge < -0.3 is 15.0 Å². The molecule has 1 aromatic carbocycles. The van der Waals surface area contributed by atoms with E-state index in [9.17, 15) is 4.79 Å². The molecule has 2 rings (SSSR count). The number of hydrogen-bond donors (Lipinski definition) is 2. The molecule has 0 atom stereocenters. The molecule has 2 aromatic rings. The lowest BCUT2D eigenvalue weighted by molar-refractivity contribution is -0.121. The minimum absolute atomic E-state index is 0.00860. The Balaban J connectivity index is 1.93. The largest absolute Gasteiger partial charge is 0.396 e. The highest BCUT2D eigenvalue weighted by molar-refractivity contribution is 5.84. The monoisotopic (exact) mass is 260 g/mol. The molecule has 0 aliphatic carbocycles. The fourth-order valence-electron chi connectivity index (χ4n) is 2.29. The number of aryl methyl sites for hydroxylation is 1. The second kappa shape index (κ2) is 6.38. The van der Waals surface area contributed by atoms with Gasteiger partial charge in [-0.15, -0.1) is 0 Å². The lowest BCUT2D eigenvalue weighted by atomic mass is 10.1. The Hall–Kier alpha value is -1.81. The molecule has 0 saturated carbocycles. The zero-order valence-electron chi connectivity index (χ0n) is 11.2. The van der Waals surface area contributed by atoms with Crippen molar-refractivity contribution in [3.63, 3.8) is 0 Å². The molecular weight excluding hydrogens is 240 g/mol. The molecule has 0 bridgehead atoms. The average molecular weight is 260 g/mol. The Labute approximate surface area is 113 Å². The first-order valence-electron chi connectivity index (χ1n) is 6.63. The normalized spacial score (nSPS) is 10.8. The zero-order valence-corrected chi connectivity index (χ0v) is 11.2. The van der Waals surface area contributed by atoms with Crippen LogP contribution in [0.25, 0.3) is 10.9 Å². The Morgan fingerprint density at radius 3 is 2.95 bits per heavy atom. The van der Waals surface area contributed by atoms with Crippen molar-refractivity contribution in [3.8, 4) is 0 Å². The van der Waals surface area contributed by atoms with E-state index in [0.29, 0.717) is 19.4 Å². The molecule has 0 spiro atoms. The quantitative estimate of drug-likeness (QED) is 0.829. The summed E-state index contributed by atoms with van der Waals surface area (Å²) >= 11 is 0. The number of hydrogen-bond acceptors (Lipinski definition) is 2. The lowest BCUT2D eigenvalue weighted by Crippen LogP contribution is -2.25. The van der Waals surface area contributed by atoms with Crippen molar-refractivity contribution >= 4 is 16.8 Å². The first-order valence-corrected chi connectivity index (χ1v) is 6.63. The number of carbonyl (C=O) groups is 1. The molecule has 1 aromatic heterocycles. The third kappa shape index (κ3) is 3.35. The van der Waals surface area contributed by atoms with E-state index in [1.807, 2.05) is 19.2 Å². The van der Waals surface area contributed by atoms with Gasteiger partial charge in [0.1, 0.15) is 0 Å². The molecule has 0 aliphatic rings. The SMILES string of the molecule is Cn1cc(CCNC(=O)CCCO)c2ccccc21. The molecule has 2 N–H and O–H groups in total. The molecule has 0 aliphatic heterocycles. The summed E-state index contributed by atoms with van der Waals surface area (Å²) in [5, 5.41) is 12.8. The summed E-state index contributed by atoms with van der Waals surface area (Å²) in [5.74, 6) is 0.00860. The van der Waals surface area contributed by atoms with Gasteiger partial charge in [-0.1, -0.05) is 18.2 Å². The van der Waals surface area contributed by atoms with Crippen LogP contribution in [0.4, 0.5) is 0 Å². The fourth-order valence-corrected chi connectivity index (χ4v) is 2.29. The molecule has 1 heterocycles. The highest BCUT2D eigenvalue weighted by Crippen LogP contribution is 2.20. The van der Waals surface area contributed by atoms with E-state index < -0.39 is 0 Å². The van der Waals surface area contributed by atoms with E-state index in [2.05, 4.69) is 28.2 Å². The average Bonchev–Trinajstić information content (AvgIpc) is 2.74. The third-order valence-electron chi connectivity index (χ3n) is 3.26. The van der Waals surface area contributed by atoms with Gasteiger partial charge in [-0.25, -0.2) is 0 Å². The third-order valence-corrected chi connectivity index (χ3v) is 3.26. The Kier molecular flexibility index (Phi) is 4.58. The molecule has 4 heteroatoms. The highest BCUT2D eigenvalue weighted by Gasteiger charge is 2.06. The van der Waals surface area contributed by atoms with E-state index in [1.165, 1.54) is 16.5 Å². The standard InChI is InChI=1S/C15H20N2O2/c1-17-11-12(13-5-2-3-6-14(13)17)8-9-16-15(19)7-4-10-18/h2-3,5-6,11,18H,4,7-10H2,1H3,(H,16,19). The summed E-state index contributed by atoms with van der Waals surface area (Å²) in [6, 6.07) is 8.27. The van der Waals surface area contributed by atoms with Crippen LogP contribution < -0.4 is 5.32 Å². The van der Waals surface area contributed by atoms with Crippen LogP contribution in [-0.2, 0) is 18.3 Å². The van der Waals surface area contributed by atoms with Crippen molar-refractivity contribution in [3.05, 3.63) is 36.0 Å². The number of aromatic nitrogens is 1. The molecule has 0 fully saturated rings. The fraction of sp³-hybridized carbons (Fsp3) is 0.400. The number of nitrogens with zero attached hydrogens (tertiary/aromatic N) is 1. The second-order valence-corrected chi connectivity index (χ2v) is 4.71. The summed E-state index contributed by atoms with van der Waals surface area (Å²) in [6.07, 6.45) is 3.86. The maximum Gasteiger partial charge on any atom is 0.220 e. The summed E-state index contributed by atoms with van der Waals surface area (Å²) in [4.78, 5) is 11.4. The van der Waals surface area contributed by atoms with Crippen molar-refractivity contribution in [1.29, 1.82) is 0 Å². The number of amides is 1. The number of benzene rings is 1. The first-order chi connectivity index (χ1) is 9.22. The minimum atomic E-state index is 0.00860. The Bertz CT molecular complexity index is 560. The van der Waals surface area contributed by atoms with E-state index in [1.54, 1.807) is 0 Å². The van der Waals surface area contributed by atoms with Crippen molar-refractivity contribution < 1.29 is 9.90 Å². The van der Waals surface area contributed by atoms with Crippen LogP contribution in [0.1, 0.15) is 18.4 Å². The first kappa shape index (κ1) is 13.6. The summed E-state index contributed by atoms with van der Waals surface area (Å²) in [6.45, 7) is 0.703. The summed E-state index contributed by atoms with van der Waals surface area (Å²) < 4.78 is 2.11. The van der Waals surface area contributed by atoms with Crippen LogP contribution in [0.3, 0.4) is 0 Å². The van der Waals surface area contributed by atoms with Gasteiger partial charge in [-0.05, 0) is 24.5 Å². The van der Waals surface area contributed by atoms with E-state index in [4.69, 9.17) is 5.11 Å². The van der Waals surface area contributed by atoms with Crippen molar-refractivity contribution in [1.82, 2.24) is 9.88 Å². The smallest absolute Gasteiger partial charge is 0.220 e. The van der Waals surface area contributed by atoms with E-state index in [0.717, 1.165) is 6.42 Å². The van der Waals surface area contributed by atoms with Crippen LogP contribution in [0.2, 0.25) is 0 Å². The topological polar surface area (TPSA) is 54.3 Å². The minimum Gasteiger partial charge on any atom is -0.396 e. The van der Waals surface area contributed by atoms with Crippen LogP contribution in [-0.4, -0.2) is 28.7 Å². The number of nitrogens with one attached hydrogen (secondary N) is 1. The Morgan fingerprint density at radius 1 is 1.37 bits per heavy atom. The van der Waals surface area contributed by atoms with E-state index >= 15 is 0 Å². The molecule has 1 amide bonds. The summed E-state index contributed by atoms with van der Waals surface area (Å²) in [7, 11) is 2.03. The van der Waals surface area contributed by atoms with Crippen LogP contribution in [0.15, 0.2) is 30.5 Å². The van der Waals surface area contributed by atoms with Crippen LogP contribution in [0.5, 0.6) is 0 Å². The number of fused-ring (bicyclic) bond motifs is 1. The molecule has 19 heavy (non-hydrogen) atoms. The van der Waals surface area contributed by atoms with Crippen LogP contribution in [0, 0.1) is 0 Å². The molecule has 4 nitrogen and oxygen atoms in total. The van der Waals surface area contributed by atoms with Gasteiger partial charge in [0.25, 0.3) is 0 Å². The predicted molar refractivity (Wildman–Crippen MR) is 76.0 cm³/mol. The number of para-hydroxylation sites is 1. The zero-order chi connectivity index (χ0) is 13.7. The maximum absolute atomic E-state index is 11.4. The van der Waals surface area contributed by atoms with Gasteiger partial charge in [0.05, 0.1) is 0 Å². The van der Waals surface area contributed by atoms with Crippen molar-refractivity contribution in [2.45, 2.75) is 19.3 Å². The highest BCUT2D eigenvalue weighted by atomic mass is 16.3. The van der Waals surface area contributed by atoms with Crippen molar-refractivity contribution in [2.75, 3.05) is 13.2 Å². The molecule has 102 valence electrons. The molecule has 0 saturated heterocycles. The lowest BCUT2D eigenvalue weighted by Gasteiger charge is -2.03. The van der Waals surface area contributed by atoms with Gasteiger partial charge in [0.2, 0.25) is 5.91 Å². The van der Waals surface area contributed by atoms with Gasteiger partial charge in [0.15, 0.2) is 0 Å².